The third kappa shape index (κ3) is 2.32. The minimum Gasteiger partial charge on any atom is -0.338 e. The first-order valence-corrected chi connectivity index (χ1v) is 6.56. The highest BCUT2D eigenvalue weighted by Gasteiger charge is 2.35. The molecular formula is C10H17N3O2S. The third-order valence-corrected chi connectivity index (χ3v) is 4.05. The number of carbonyl (C=O) groups excluding carboxylic acids is 2. The van der Waals surface area contributed by atoms with Crippen LogP contribution in [-0.2, 0) is 4.79 Å². The van der Waals surface area contributed by atoms with E-state index in [2.05, 4.69) is 5.32 Å². The van der Waals surface area contributed by atoms with Crippen LogP contribution in [-0.4, -0.2) is 46.5 Å². The smallest absolute Gasteiger partial charge is 0.279 e. The maximum atomic E-state index is 12.1. The van der Waals surface area contributed by atoms with Gasteiger partial charge in [0.1, 0.15) is 6.04 Å². The second kappa shape index (κ2) is 4.63. The summed E-state index contributed by atoms with van der Waals surface area (Å²) >= 11 is 1.18. The lowest BCUT2D eigenvalue weighted by Crippen LogP contribution is -2.54. The SMILES string of the molecule is CC1CC(N)CCN1C(=O)C1CSC(=O)N1. The molecule has 5 nitrogen and oxygen atoms in total. The number of hydrogen-bond donors (Lipinski definition) is 2. The zero-order valence-corrected chi connectivity index (χ0v) is 10.1. The van der Waals surface area contributed by atoms with Crippen molar-refractivity contribution in [3.63, 3.8) is 0 Å². The van der Waals surface area contributed by atoms with Gasteiger partial charge in [-0.3, -0.25) is 9.59 Å². The highest BCUT2D eigenvalue weighted by molar-refractivity contribution is 8.14. The molecule has 0 spiro atoms. The Kier molecular flexibility index (Phi) is 3.39. The molecule has 0 saturated carbocycles. The highest BCUT2D eigenvalue weighted by Crippen LogP contribution is 2.20. The summed E-state index contributed by atoms with van der Waals surface area (Å²) in [6.07, 6.45) is 1.70. The fraction of sp³-hybridized carbons (Fsp3) is 0.800. The van der Waals surface area contributed by atoms with Gasteiger partial charge in [0.25, 0.3) is 5.24 Å². The quantitative estimate of drug-likeness (QED) is 0.687. The number of thioether (sulfide) groups is 1. The summed E-state index contributed by atoms with van der Waals surface area (Å²) in [4.78, 5) is 25.0. The van der Waals surface area contributed by atoms with E-state index in [-0.39, 0.29) is 29.3 Å². The molecule has 6 heteroatoms. The van der Waals surface area contributed by atoms with Crippen molar-refractivity contribution in [1.29, 1.82) is 0 Å². The van der Waals surface area contributed by atoms with Crippen LogP contribution in [0.3, 0.4) is 0 Å². The van der Waals surface area contributed by atoms with Gasteiger partial charge in [0, 0.05) is 24.4 Å². The van der Waals surface area contributed by atoms with E-state index in [9.17, 15) is 9.59 Å². The molecule has 90 valence electrons. The summed E-state index contributed by atoms with van der Waals surface area (Å²) < 4.78 is 0. The van der Waals surface area contributed by atoms with Gasteiger partial charge in [-0.1, -0.05) is 11.8 Å². The van der Waals surface area contributed by atoms with Crippen LogP contribution in [0.5, 0.6) is 0 Å². The van der Waals surface area contributed by atoms with Crippen LogP contribution < -0.4 is 11.1 Å². The molecule has 0 radical (unpaired) electrons. The number of carbonyl (C=O) groups is 2. The van der Waals surface area contributed by atoms with E-state index in [1.165, 1.54) is 11.8 Å². The highest BCUT2D eigenvalue weighted by atomic mass is 32.2. The van der Waals surface area contributed by atoms with E-state index in [4.69, 9.17) is 5.73 Å². The molecule has 2 saturated heterocycles. The summed E-state index contributed by atoms with van der Waals surface area (Å²) in [7, 11) is 0. The predicted octanol–water partition coefficient (Wildman–Crippen LogP) is 0.150. The summed E-state index contributed by atoms with van der Waals surface area (Å²) in [6, 6.07) is 0.0413. The van der Waals surface area contributed by atoms with Gasteiger partial charge in [0.05, 0.1) is 0 Å². The lowest BCUT2D eigenvalue weighted by atomic mass is 9.98. The van der Waals surface area contributed by atoms with Gasteiger partial charge in [-0.05, 0) is 19.8 Å². The van der Waals surface area contributed by atoms with Gasteiger partial charge in [-0.25, -0.2) is 0 Å². The van der Waals surface area contributed by atoms with Crippen molar-refractivity contribution in [1.82, 2.24) is 10.2 Å². The second-order valence-corrected chi connectivity index (χ2v) is 5.45. The van der Waals surface area contributed by atoms with E-state index in [0.29, 0.717) is 12.3 Å². The van der Waals surface area contributed by atoms with Crippen LogP contribution in [0.25, 0.3) is 0 Å². The first-order chi connectivity index (χ1) is 7.58. The van der Waals surface area contributed by atoms with E-state index >= 15 is 0 Å². The molecule has 2 aliphatic heterocycles. The Hall–Kier alpha value is -0.750. The Morgan fingerprint density at radius 1 is 1.62 bits per heavy atom. The number of likely N-dealkylation sites (tertiary alicyclic amines) is 1. The lowest BCUT2D eigenvalue weighted by molar-refractivity contribution is -0.135. The number of nitrogens with two attached hydrogens (primary N) is 1. The molecule has 2 amide bonds. The van der Waals surface area contributed by atoms with Gasteiger partial charge in [-0.2, -0.15) is 0 Å². The molecule has 2 fully saturated rings. The monoisotopic (exact) mass is 243 g/mol. The minimum atomic E-state index is -0.339. The van der Waals surface area contributed by atoms with Gasteiger partial charge in [0.15, 0.2) is 0 Å². The van der Waals surface area contributed by atoms with Gasteiger partial charge >= 0.3 is 0 Å². The number of nitrogens with one attached hydrogen (secondary N) is 1. The number of rotatable bonds is 1. The van der Waals surface area contributed by atoms with Crippen molar-refractivity contribution in [2.75, 3.05) is 12.3 Å². The molecular weight excluding hydrogens is 226 g/mol. The van der Waals surface area contributed by atoms with Crippen LogP contribution in [0.4, 0.5) is 4.79 Å². The summed E-state index contributed by atoms with van der Waals surface area (Å²) in [5, 5.41) is 2.59. The molecule has 2 heterocycles. The maximum Gasteiger partial charge on any atom is 0.279 e. The Bertz CT molecular complexity index is 310. The topological polar surface area (TPSA) is 75.4 Å². The molecule has 3 atom stereocenters. The van der Waals surface area contributed by atoms with Crippen LogP contribution in [0.2, 0.25) is 0 Å². The standard InChI is InChI=1S/C10H17N3O2S/c1-6-4-7(11)2-3-13(6)9(14)8-5-16-10(15)12-8/h6-8H,2-5,11H2,1H3,(H,12,15). The fourth-order valence-corrected chi connectivity index (χ4v) is 3.02. The fourth-order valence-electron chi connectivity index (χ4n) is 2.25. The van der Waals surface area contributed by atoms with E-state index < -0.39 is 0 Å². The molecule has 0 aromatic heterocycles. The summed E-state index contributed by atoms with van der Waals surface area (Å²) in [5.74, 6) is 0.588. The van der Waals surface area contributed by atoms with Crippen LogP contribution in [0.15, 0.2) is 0 Å². The van der Waals surface area contributed by atoms with Crippen molar-refractivity contribution in [3.8, 4) is 0 Å². The zero-order valence-electron chi connectivity index (χ0n) is 9.31. The van der Waals surface area contributed by atoms with Crippen LogP contribution >= 0.6 is 11.8 Å². The summed E-state index contributed by atoms with van der Waals surface area (Å²) in [5.41, 5.74) is 5.85. The van der Waals surface area contributed by atoms with Gasteiger partial charge in [-0.15, -0.1) is 0 Å². The Morgan fingerprint density at radius 2 is 2.38 bits per heavy atom. The van der Waals surface area contributed by atoms with Crippen molar-refractivity contribution in [3.05, 3.63) is 0 Å². The normalized spacial score (nSPS) is 35.0. The molecule has 0 bridgehead atoms. The molecule has 3 N–H and O–H groups in total. The first kappa shape index (κ1) is 11.7. The second-order valence-electron chi connectivity index (χ2n) is 4.46. The molecule has 2 aliphatic rings. The average Bonchev–Trinajstić information content (AvgIpc) is 2.64. The molecule has 0 aromatic rings. The molecule has 16 heavy (non-hydrogen) atoms. The molecule has 3 unspecified atom stereocenters. The van der Waals surface area contributed by atoms with Crippen LogP contribution in [0.1, 0.15) is 19.8 Å². The molecule has 0 aliphatic carbocycles. The number of amides is 2. The Labute approximate surface area is 99.1 Å². The van der Waals surface area contributed by atoms with E-state index in [0.717, 1.165) is 12.8 Å². The zero-order chi connectivity index (χ0) is 11.7. The average molecular weight is 243 g/mol. The largest absolute Gasteiger partial charge is 0.338 e. The first-order valence-electron chi connectivity index (χ1n) is 5.57. The molecule has 2 rings (SSSR count). The minimum absolute atomic E-state index is 0.0396. The van der Waals surface area contributed by atoms with Crippen molar-refractivity contribution in [2.24, 2.45) is 5.73 Å². The Morgan fingerprint density at radius 3 is 2.94 bits per heavy atom. The lowest BCUT2D eigenvalue weighted by Gasteiger charge is -2.37. The molecule has 0 aromatic carbocycles. The number of piperidine rings is 1. The maximum absolute atomic E-state index is 12.1. The Balaban J connectivity index is 1.96. The summed E-state index contributed by atoms with van der Waals surface area (Å²) in [6.45, 7) is 2.72. The number of hydrogen-bond acceptors (Lipinski definition) is 4. The van der Waals surface area contributed by atoms with Crippen molar-refractivity contribution in [2.45, 2.75) is 37.9 Å². The van der Waals surface area contributed by atoms with Crippen molar-refractivity contribution < 1.29 is 9.59 Å². The van der Waals surface area contributed by atoms with Gasteiger partial charge in [0.2, 0.25) is 5.91 Å². The van der Waals surface area contributed by atoms with E-state index in [1.807, 2.05) is 11.8 Å². The van der Waals surface area contributed by atoms with Crippen molar-refractivity contribution >= 4 is 22.9 Å². The predicted molar refractivity (Wildman–Crippen MR) is 63.2 cm³/mol. The third-order valence-electron chi connectivity index (χ3n) is 3.17. The van der Waals surface area contributed by atoms with Gasteiger partial charge < -0.3 is 16.0 Å². The van der Waals surface area contributed by atoms with E-state index in [1.54, 1.807) is 0 Å². The van der Waals surface area contributed by atoms with Crippen LogP contribution in [0, 0.1) is 0 Å². The number of nitrogens with zero attached hydrogens (tertiary/aromatic N) is 1.